The summed E-state index contributed by atoms with van der Waals surface area (Å²) in [7, 11) is 2.74. The molecular weight excluding hydrogens is 385 g/mol. The number of anilines is 1. The van der Waals surface area contributed by atoms with Crippen LogP contribution in [0.15, 0.2) is 47.8 Å². The Morgan fingerprint density at radius 3 is 2.50 bits per heavy atom. The number of hydrogen-bond donors (Lipinski definition) is 2. The van der Waals surface area contributed by atoms with Gasteiger partial charge in [0, 0.05) is 18.0 Å². The number of hydrogen-bond acceptors (Lipinski definition) is 5. The van der Waals surface area contributed by atoms with Crippen molar-refractivity contribution < 1.29 is 23.8 Å². The van der Waals surface area contributed by atoms with Gasteiger partial charge in [0.1, 0.15) is 17.3 Å². The van der Waals surface area contributed by atoms with Gasteiger partial charge in [-0.2, -0.15) is 0 Å². The first-order chi connectivity index (χ1) is 13.1. The topological polar surface area (TPSA) is 73.7 Å². The van der Waals surface area contributed by atoms with Gasteiger partial charge in [0.15, 0.2) is 18.7 Å². The van der Waals surface area contributed by atoms with Crippen LogP contribution in [0, 0.1) is 11.6 Å². The van der Waals surface area contributed by atoms with Crippen molar-refractivity contribution in [3.63, 3.8) is 0 Å². The largest absolute Gasteiger partial charge is 0.368 e. The number of aromatic nitrogens is 1. The van der Waals surface area contributed by atoms with E-state index in [1.165, 1.54) is 18.1 Å². The van der Waals surface area contributed by atoms with Crippen molar-refractivity contribution >= 4 is 30.2 Å². The van der Waals surface area contributed by atoms with E-state index in [0.717, 1.165) is 29.5 Å². The van der Waals surface area contributed by atoms with Crippen LogP contribution in [0.5, 0.6) is 0 Å². The molecule has 1 aromatic heterocycles. The minimum atomic E-state index is -2.07. The number of carbonyl (C=O) groups is 1. The monoisotopic (exact) mass is 402 g/mol. The minimum absolute atomic E-state index is 0.0635. The number of halogens is 2. The molecule has 3 rings (SSSR count). The van der Waals surface area contributed by atoms with Crippen molar-refractivity contribution in [2.45, 2.75) is 12.1 Å². The molecule has 28 heavy (non-hydrogen) atoms. The number of carbonyl (C=O) groups excluding carboxylic acids is 1. The predicted octanol–water partition coefficient (Wildman–Crippen LogP) is 2.02. The quantitative estimate of drug-likeness (QED) is 0.506. The van der Waals surface area contributed by atoms with Gasteiger partial charge in [0.2, 0.25) is 5.91 Å². The lowest BCUT2D eigenvalue weighted by molar-refractivity contribution is -0.117. The summed E-state index contributed by atoms with van der Waals surface area (Å²) in [6.07, 6.45) is 0.0762. The summed E-state index contributed by atoms with van der Waals surface area (Å²) in [5.41, 5.74) is -0.643. The van der Waals surface area contributed by atoms with E-state index in [1.807, 2.05) is 0 Å². The third-order valence-corrected chi connectivity index (χ3v) is 5.10. The fourth-order valence-electron chi connectivity index (χ4n) is 2.56. The van der Waals surface area contributed by atoms with Crippen molar-refractivity contribution in [3.8, 4) is 11.1 Å². The van der Waals surface area contributed by atoms with Crippen molar-refractivity contribution in [2.24, 2.45) is 0 Å². The van der Waals surface area contributed by atoms with Crippen LogP contribution in [-0.4, -0.2) is 36.0 Å². The van der Waals surface area contributed by atoms with Crippen LogP contribution in [0.2, 0.25) is 0 Å². The first-order valence-corrected chi connectivity index (χ1v) is 9.25. The zero-order valence-electron chi connectivity index (χ0n) is 15.2. The second-order valence-electron chi connectivity index (χ2n) is 6.49. The minimum Gasteiger partial charge on any atom is -0.368 e. The number of likely N-dealkylation sites (N-methyl/N-ethyl adjacent to an activating group) is 1. The lowest BCUT2D eigenvalue weighted by atomic mass is 9.93. The summed E-state index contributed by atoms with van der Waals surface area (Å²) in [6, 6.07) is 9.87. The van der Waals surface area contributed by atoms with Crippen LogP contribution in [-0.2, 0) is 16.9 Å². The number of benzene rings is 2. The van der Waals surface area contributed by atoms with E-state index in [1.54, 1.807) is 31.3 Å². The number of rotatable bonds is 5. The van der Waals surface area contributed by atoms with Gasteiger partial charge in [0.25, 0.3) is 0 Å². The van der Waals surface area contributed by atoms with Crippen LogP contribution in [0.25, 0.3) is 11.1 Å². The van der Waals surface area contributed by atoms with Crippen molar-refractivity contribution in [1.29, 1.82) is 0 Å². The molecule has 3 aromatic rings. The van der Waals surface area contributed by atoms with E-state index in [0.29, 0.717) is 16.3 Å². The normalized spacial score (nSPS) is 11.5. The average Bonchev–Trinajstić information content (AvgIpc) is 3.14. The molecule has 0 aliphatic carbocycles. The highest BCUT2D eigenvalue weighted by Crippen LogP contribution is 2.26. The first kappa shape index (κ1) is 20.1. The number of thiazole rings is 1. The SMILES string of the molecule is BC(O)(O)c1csc(N(C)C(=O)Cc2ccc(-c3cc(F)ccc3F)cc2)n1. The van der Waals surface area contributed by atoms with Gasteiger partial charge < -0.3 is 10.2 Å². The third-order valence-electron chi connectivity index (χ3n) is 4.19. The molecule has 0 unspecified atom stereocenters. The Morgan fingerprint density at radius 1 is 1.21 bits per heavy atom. The van der Waals surface area contributed by atoms with Crippen LogP contribution in [0.4, 0.5) is 13.9 Å². The van der Waals surface area contributed by atoms with Crippen LogP contribution >= 0.6 is 11.3 Å². The molecule has 2 N–H and O–H groups in total. The Hall–Kier alpha value is -2.62. The molecule has 0 radical (unpaired) electrons. The van der Waals surface area contributed by atoms with Gasteiger partial charge in [0.05, 0.1) is 6.42 Å². The van der Waals surface area contributed by atoms with Crippen molar-refractivity contribution in [1.82, 2.24) is 4.98 Å². The number of nitrogens with zero attached hydrogens (tertiary/aromatic N) is 2. The molecular formula is C19H17BF2N2O3S. The molecule has 0 saturated carbocycles. The van der Waals surface area contributed by atoms with Gasteiger partial charge in [-0.25, -0.2) is 13.8 Å². The lowest BCUT2D eigenvalue weighted by Crippen LogP contribution is -2.29. The zero-order chi connectivity index (χ0) is 20.5. The number of amides is 1. The van der Waals surface area contributed by atoms with Gasteiger partial charge in [-0.1, -0.05) is 24.3 Å². The predicted molar refractivity (Wildman–Crippen MR) is 106 cm³/mol. The summed E-state index contributed by atoms with van der Waals surface area (Å²) in [6.45, 7) is 0. The maximum absolute atomic E-state index is 13.9. The fourth-order valence-corrected chi connectivity index (χ4v) is 3.46. The summed E-state index contributed by atoms with van der Waals surface area (Å²) in [5.74, 6) is -1.30. The first-order valence-electron chi connectivity index (χ1n) is 8.37. The van der Waals surface area contributed by atoms with Crippen molar-refractivity contribution in [2.75, 3.05) is 11.9 Å². The molecule has 144 valence electrons. The Bertz CT molecular complexity index is 1000. The Kier molecular flexibility index (Phi) is 5.60. The number of aliphatic hydroxyl groups is 2. The summed E-state index contributed by atoms with van der Waals surface area (Å²) in [4.78, 5) is 17.9. The maximum Gasteiger partial charge on any atom is 0.232 e. The van der Waals surface area contributed by atoms with E-state index in [-0.39, 0.29) is 23.6 Å². The fraction of sp³-hybridized carbons (Fsp3) is 0.158. The van der Waals surface area contributed by atoms with E-state index in [2.05, 4.69) is 4.98 Å². The van der Waals surface area contributed by atoms with Crippen LogP contribution < -0.4 is 4.90 Å². The Morgan fingerprint density at radius 2 is 1.89 bits per heavy atom. The average molecular weight is 402 g/mol. The highest BCUT2D eigenvalue weighted by atomic mass is 32.1. The molecule has 0 aliphatic heterocycles. The molecule has 2 aromatic carbocycles. The molecule has 0 spiro atoms. The molecule has 9 heteroatoms. The molecule has 0 atom stereocenters. The molecule has 1 heterocycles. The van der Waals surface area contributed by atoms with Gasteiger partial charge in [-0.05, 0) is 29.3 Å². The van der Waals surface area contributed by atoms with Gasteiger partial charge in [-0.3, -0.25) is 9.69 Å². The van der Waals surface area contributed by atoms with Crippen molar-refractivity contribution in [3.05, 3.63) is 70.7 Å². The Labute approximate surface area is 165 Å². The molecule has 0 aliphatic rings. The third kappa shape index (κ3) is 4.44. The van der Waals surface area contributed by atoms with Crippen LogP contribution in [0.1, 0.15) is 11.3 Å². The lowest BCUT2D eigenvalue weighted by Gasteiger charge is -2.15. The van der Waals surface area contributed by atoms with E-state index >= 15 is 0 Å². The molecule has 1 amide bonds. The van der Waals surface area contributed by atoms with Crippen LogP contribution in [0.3, 0.4) is 0 Å². The second-order valence-corrected chi connectivity index (χ2v) is 7.32. The van der Waals surface area contributed by atoms with Gasteiger partial charge >= 0.3 is 0 Å². The summed E-state index contributed by atoms with van der Waals surface area (Å²) >= 11 is 1.12. The smallest absolute Gasteiger partial charge is 0.232 e. The molecule has 0 saturated heterocycles. The standard InChI is InChI=1S/C19H17BF2N2O3S/c1-24(18-23-16(10-28-18)19(20,26)27)17(25)8-11-2-4-12(5-3-11)14-9-13(21)6-7-15(14)22/h2-7,9-10,26-27H,8,20H2,1H3. The zero-order valence-corrected chi connectivity index (χ0v) is 16.0. The van der Waals surface area contributed by atoms with E-state index < -0.39 is 17.3 Å². The molecule has 5 nitrogen and oxygen atoms in total. The van der Waals surface area contributed by atoms with E-state index in [9.17, 15) is 23.8 Å². The summed E-state index contributed by atoms with van der Waals surface area (Å²) < 4.78 is 27.2. The highest BCUT2D eigenvalue weighted by Gasteiger charge is 2.24. The molecule has 0 bridgehead atoms. The highest BCUT2D eigenvalue weighted by molar-refractivity contribution is 7.14. The molecule has 0 fully saturated rings. The summed E-state index contributed by atoms with van der Waals surface area (Å²) in [5, 5.41) is 20.9. The van der Waals surface area contributed by atoms with E-state index in [4.69, 9.17) is 0 Å². The Balaban J connectivity index is 1.72. The second kappa shape index (κ2) is 7.79. The van der Waals surface area contributed by atoms with Gasteiger partial charge in [-0.15, -0.1) is 11.3 Å². The maximum atomic E-state index is 13.9.